The van der Waals surface area contributed by atoms with Crippen LogP contribution in [0.2, 0.25) is 5.02 Å². The molecule has 0 radical (unpaired) electrons. The molecule has 1 amide bonds. The number of nitrogens with zero attached hydrogens (tertiary/aromatic N) is 2. The largest absolute Gasteiger partial charge is 0.452 e. The second-order valence-electron chi connectivity index (χ2n) is 6.56. The summed E-state index contributed by atoms with van der Waals surface area (Å²) in [7, 11) is -0.973. The van der Waals surface area contributed by atoms with E-state index in [2.05, 4.69) is 0 Å². The predicted octanol–water partition coefficient (Wildman–Crippen LogP) is 1.38. The minimum absolute atomic E-state index is 0.0405. The van der Waals surface area contributed by atoms with E-state index in [9.17, 15) is 18.0 Å². The highest BCUT2D eigenvalue weighted by atomic mass is 35.5. The number of hydrogen-bond donors (Lipinski definition) is 0. The Hall–Kier alpha value is -1.68. The van der Waals surface area contributed by atoms with Crippen molar-refractivity contribution in [1.82, 2.24) is 9.21 Å². The third-order valence-corrected chi connectivity index (χ3v) is 6.18. The lowest BCUT2D eigenvalue weighted by Gasteiger charge is -2.35. The molecular weight excluding hydrogens is 396 g/mol. The van der Waals surface area contributed by atoms with Crippen molar-refractivity contribution >= 4 is 33.5 Å². The fourth-order valence-corrected chi connectivity index (χ4v) is 3.83. The molecule has 10 heteroatoms. The zero-order chi connectivity index (χ0) is 20.4. The number of rotatable bonds is 5. The Morgan fingerprint density at radius 2 is 1.85 bits per heavy atom. The Labute approximate surface area is 164 Å². The molecule has 1 aromatic carbocycles. The van der Waals surface area contributed by atoms with Gasteiger partial charge >= 0.3 is 5.97 Å². The van der Waals surface area contributed by atoms with Gasteiger partial charge in [0.2, 0.25) is 10.0 Å². The third kappa shape index (κ3) is 5.19. The van der Waals surface area contributed by atoms with E-state index in [1.54, 1.807) is 4.90 Å². The van der Waals surface area contributed by atoms with Gasteiger partial charge in [0.15, 0.2) is 6.61 Å². The van der Waals surface area contributed by atoms with Crippen LogP contribution in [0.5, 0.6) is 0 Å². The lowest BCUT2D eigenvalue weighted by Crippen LogP contribution is -2.49. The van der Waals surface area contributed by atoms with Gasteiger partial charge in [-0.05, 0) is 32.0 Å². The van der Waals surface area contributed by atoms with E-state index in [1.165, 1.54) is 26.2 Å². The van der Waals surface area contributed by atoms with Crippen LogP contribution in [-0.2, 0) is 24.3 Å². The van der Waals surface area contributed by atoms with Crippen LogP contribution in [-0.4, -0.2) is 75.5 Å². The monoisotopic (exact) mass is 418 g/mol. The van der Waals surface area contributed by atoms with E-state index in [0.717, 1.165) is 10.4 Å². The molecule has 0 bridgehead atoms. The Bertz CT molecular complexity index is 817. The number of sulfonamides is 1. The molecule has 1 fully saturated rings. The van der Waals surface area contributed by atoms with Crippen molar-refractivity contribution < 1.29 is 27.5 Å². The number of carbonyl (C=O) groups is 2. The molecule has 150 valence electrons. The van der Waals surface area contributed by atoms with E-state index < -0.39 is 22.6 Å². The fraction of sp³-hybridized carbons (Fsp3) is 0.529. The molecule has 8 nitrogen and oxygen atoms in total. The van der Waals surface area contributed by atoms with Gasteiger partial charge in [0.05, 0.1) is 27.7 Å². The second kappa shape index (κ2) is 8.55. The lowest BCUT2D eigenvalue weighted by molar-refractivity contribution is -0.146. The molecule has 0 aromatic heterocycles. The number of hydrogen-bond acceptors (Lipinski definition) is 6. The van der Waals surface area contributed by atoms with Gasteiger partial charge in [-0.25, -0.2) is 17.5 Å². The zero-order valence-corrected chi connectivity index (χ0v) is 17.2. The van der Waals surface area contributed by atoms with Crippen LogP contribution in [0.25, 0.3) is 0 Å². The number of amides is 1. The number of morpholine rings is 1. The van der Waals surface area contributed by atoms with Gasteiger partial charge in [-0.3, -0.25) is 4.79 Å². The van der Waals surface area contributed by atoms with Crippen molar-refractivity contribution in [2.24, 2.45) is 0 Å². The number of benzene rings is 1. The first kappa shape index (κ1) is 21.6. The molecule has 1 aliphatic heterocycles. The Morgan fingerprint density at radius 3 is 2.41 bits per heavy atom. The summed E-state index contributed by atoms with van der Waals surface area (Å²) in [6, 6.07) is 3.75. The summed E-state index contributed by atoms with van der Waals surface area (Å²) >= 11 is 6.00. The molecule has 1 heterocycles. The van der Waals surface area contributed by atoms with Crippen LogP contribution in [0.3, 0.4) is 0 Å². The molecule has 2 atom stereocenters. The lowest BCUT2D eigenvalue weighted by atomic mass is 10.2. The number of halogens is 1. The van der Waals surface area contributed by atoms with Gasteiger partial charge in [0, 0.05) is 27.2 Å². The average molecular weight is 419 g/mol. The van der Waals surface area contributed by atoms with Crippen LogP contribution in [0.15, 0.2) is 23.1 Å². The van der Waals surface area contributed by atoms with Gasteiger partial charge in [0.25, 0.3) is 5.91 Å². The summed E-state index contributed by atoms with van der Waals surface area (Å²) in [5, 5.41) is 0.0405. The minimum Gasteiger partial charge on any atom is -0.452 e. The van der Waals surface area contributed by atoms with E-state index in [0.29, 0.717) is 13.1 Å². The highest BCUT2D eigenvalue weighted by Gasteiger charge is 2.27. The molecule has 0 spiro atoms. The van der Waals surface area contributed by atoms with E-state index in [4.69, 9.17) is 21.1 Å². The molecule has 0 N–H and O–H groups in total. The SMILES string of the molecule is C[C@@H]1CN(C(=O)COC(=O)c2cc(S(=O)(=O)N(C)C)ccc2Cl)C[C@@H](C)O1. The van der Waals surface area contributed by atoms with Crippen molar-refractivity contribution in [3.05, 3.63) is 28.8 Å². The van der Waals surface area contributed by atoms with Gasteiger partial charge in [-0.1, -0.05) is 11.6 Å². The highest BCUT2D eigenvalue weighted by molar-refractivity contribution is 7.89. The normalized spacial score (nSPS) is 20.6. The second-order valence-corrected chi connectivity index (χ2v) is 9.12. The smallest absolute Gasteiger partial charge is 0.340 e. The molecule has 2 rings (SSSR count). The summed E-state index contributed by atoms with van der Waals surface area (Å²) in [6.07, 6.45) is -0.202. The third-order valence-electron chi connectivity index (χ3n) is 4.04. The quantitative estimate of drug-likeness (QED) is 0.671. The van der Waals surface area contributed by atoms with Gasteiger partial charge in [-0.15, -0.1) is 0 Å². The van der Waals surface area contributed by atoms with Crippen molar-refractivity contribution in [2.45, 2.75) is 31.0 Å². The summed E-state index contributed by atoms with van der Waals surface area (Å²) in [6.45, 7) is 4.09. The van der Waals surface area contributed by atoms with E-state index >= 15 is 0 Å². The molecule has 1 aromatic rings. The number of ether oxygens (including phenoxy) is 2. The van der Waals surface area contributed by atoms with Crippen molar-refractivity contribution in [1.29, 1.82) is 0 Å². The Morgan fingerprint density at radius 1 is 1.26 bits per heavy atom. The molecule has 0 aliphatic carbocycles. The summed E-state index contributed by atoms with van der Waals surface area (Å²) in [5.74, 6) is -1.21. The van der Waals surface area contributed by atoms with Crippen molar-refractivity contribution in [3.63, 3.8) is 0 Å². The average Bonchev–Trinajstić information content (AvgIpc) is 2.58. The molecule has 0 unspecified atom stereocenters. The van der Waals surface area contributed by atoms with Gasteiger partial charge in [0.1, 0.15) is 0 Å². The molecule has 0 saturated carbocycles. The zero-order valence-electron chi connectivity index (χ0n) is 15.6. The molecule has 1 aliphatic rings. The standard InChI is InChI=1S/C17H23ClN2O6S/c1-11-8-20(9-12(2)26-11)16(21)10-25-17(22)14-7-13(5-6-15(14)18)27(23,24)19(3)4/h5-7,11-12H,8-10H2,1-4H3/t11-,12-/m1/s1. The Balaban J connectivity index is 2.09. The topological polar surface area (TPSA) is 93.2 Å². The van der Waals surface area contributed by atoms with Crippen LogP contribution >= 0.6 is 11.6 Å². The maximum absolute atomic E-state index is 12.3. The summed E-state index contributed by atoms with van der Waals surface area (Å²) in [4.78, 5) is 26.1. The van der Waals surface area contributed by atoms with Crippen LogP contribution in [0.4, 0.5) is 0 Å². The first-order chi connectivity index (χ1) is 12.5. The minimum atomic E-state index is -3.73. The molecular formula is C17H23ClN2O6S. The number of carbonyl (C=O) groups excluding carboxylic acids is 2. The first-order valence-electron chi connectivity index (χ1n) is 8.34. The predicted molar refractivity (Wildman–Crippen MR) is 99.2 cm³/mol. The number of esters is 1. The molecule has 27 heavy (non-hydrogen) atoms. The van der Waals surface area contributed by atoms with Crippen molar-refractivity contribution in [2.75, 3.05) is 33.8 Å². The van der Waals surface area contributed by atoms with Gasteiger partial charge < -0.3 is 14.4 Å². The summed E-state index contributed by atoms with van der Waals surface area (Å²) < 4.78 is 36.1. The fourth-order valence-electron chi connectivity index (χ4n) is 2.71. The maximum atomic E-state index is 12.3. The Kier molecular flexibility index (Phi) is 6.85. The molecule has 1 saturated heterocycles. The summed E-state index contributed by atoms with van der Waals surface area (Å²) in [5.41, 5.74) is -0.115. The van der Waals surface area contributed by atoms with Crippen LogP contribution < -0.4 is 0 Å². The highest BCUT2D eigenvalue weighted by Crippen LogP contribution is 2.23. The van der Waals surface area contributed by atoms with Crippen molar-refractivity contribution in [3.8, 4) is 0 Å². The van der Waals surface area contributed by atoms with Crippen LogP contribution in [0, 0.1) is 0 Å². The van der Waals surface area contributed by atoms with E-state index in [-0.39, 0.29) is 33.6 Å². The van der Waals surface area contributed by atoms with Crippen LogP contribution in [0.1, 0.15) is 24.2 Å². The van der Waals surface area contributed by atoms with Gasteiger partial charge in [-0.2, -0.15) is 0 Å². The first-order valence-corrected chi connectivity index (χ1v) is 10.2. The van der Waals surface area contributed by atoms with E-state index in [1.807, 2.05) is 13.8 Å². The maximum Gasteiger partial charge on any atom is 0.340 e.